The molecule has 30 heavy (non-hydrogen) atoms. The molecular weight excluding hydrogens is 385 g/mol. The van der Waals surface area contributed by atoms with Gasteiger partial charge < -0.3 is 35.8 Å². The SMILES string of the molecule is CNCCN[C@H]1CC[C@H](C(CO)CN[C@H]2Cc3cccc(C(=O)O)c3OB2O)CC1. The number of benzene rings is 1. The van der Waals surface area contributed by atoms with Gasteiger partial charge in [0.25, 0.3) is 0 Å². The molecule has 0 saturated heterocycles. The standard InChI is InChI=1S/C21H34BN3O5/c1-23-9-10-24-17-7-5-14(6-8-17)16(13-26)12-25-19-11-15-3-2-4-18(21(27)28)20(15)30-22(19)29/h2-4,14,16-17,19,23-26,29H,5-13H2,1H3,(H,27,28)/t14-,16?,17-,19-/m0/s1. The van der Waals surface area contributed by atoms with E-state index in [1.54, 1.807) is 6.07 Å². The number of fused-ring (bicyclic) bond motifs is 1. The van der Waals surface area contributed by atoms with Gasteiger partial charge in [0.15, 0.2) is 0 Å². The molecule has 0 spiro atoms. The van der Waals surface area contributed by atoms with E-state index in [1.165, 1.54) is 6.07 Å². The number of aliphatic hydroxyl groups is 1. The minimum Gasteiger partial charge on any atom is -0.534 e. The molecule has 3 rings (SSSR count). The molecule has 9 heteroatoms. The van der Waals surface area contributed by atoms with Crippen LogP contribution in [0.25, 0.3) is 0 Å². The van der Waals surface area contributed by atoms with E-state index in [9.17, 15) is 20.0 Å². The lowest BCUT2D eigenvalue weighted by molar-refractivity contribution is 0.0694. The minimum absolute atomic E-state index is 0.0679. The van der Waals surface area contributed by atoms with Crippen LogP contribution in [0.5, 0.6) is 5.75 Å². The van der Waals surface area contributed by atoms with Gasteiger partial charge in [-0.1, -0.05) is 12.1 Å². The maximum atomic E-state index is 11.4. The molecule has 0 amide bonds. The Balaban J connectivity index is 1.51. The van der Waals surface area contributed by atoms with Crippen molar-refractivity contribution in [2.24, 2.45) is 11.8 Å². The molecule has 1 aromatic carbocycles. The molecule has 0 bridgehead atoms. The van der Waals surface area contributed by atoms with Crippen molar-refractivity contribution >= 4 is 13.1 Å². The lowest BCUT2D eigenvalue weighted by Crippen LogP contribution is -2.53. The van der Waals surface area contributed by atoms with Crippen molar-refractivity contribution in [2.45, 2.75) is 44.1 Å². The van der Waals surface area contributed by atoms with Gasteiger partial charge in [0.2, 0.25) is 0 Å². The molecule has 2 aliphatic rings. The van der Waals surface area contributed by atoms with Crippen molar-refractivity contribution in [3.05, 3.63) is 29.3 Å². The molecule has 1 unspecified atom stereocenters. The molecule has 166 valence electrons. The average molecular weight is 419 g/mol. The number of para-hydroxylation sites is 1. The molecular formula is C21H34BN3O5. The first-order chi connectivity index (χ1) is 14.5. The van der Waals surface area contributed by atoms with Crippen molar-refractivity contribution in [1.82, 2.24) is 16.0 Å². The third kappa shape index (κ3) is 5.73. The van der Waals surface area contributed by atoms with E-state index in [0.29, 0.717) is 24.9 Å². The van der Waals surface area contributed by atoms with Gasteiger partial charge in [-0.3, -0.25) is 0 Å². The Hall–Kier alpha value is -1.65. The fraction of sp³-hybridized carbons (Fsp3) is 0.667. The van der Waals surface area contributed by atoms with Crippen LogP contribution in [-0.2, 0) is 6.42 Å². The number of carboxylic acids is 1. The summed E-state index contributed by atoms with van der Waals surface area (Å²) in [6, 6.07) is 5.55. The van der Waals surface area contributed by atoms with Gasteiger partial charge >= 0.3 is 13.1 Å². The highest BCUT2D eigenvalue weighted by Gasteiger charge is 2.37. The van der Waals surface area contributed by atoms with E-state index in [2.05, 4.69) is 16.0 Å². The summed E-state index contributed by atoms with van der Waals surface area (Å²) in [5, 5.41) is 39.7. The summed E-state index contributed by atoms with van der Waals surface area (Å²) in [7, 11) is 0.833. The molecule has 6 N–H and O–H groups in total. The number of likely N-dealkylation sites (N-methyl/N-ethyl adjacent to an activating group) is 1. The molecule has 0 radical (unpaired) electrons. The average Bonchev–Trinajstić information content (AvgIpc) is 2.75. The summed E-state index contributed by atoms with van der Waals surface area (Å²) in [6.07, 6.45) is 4.88. The second kappa shape index (κ2) is 11.1. The first-order valence-corrected chi connectivity index (χ1v) is 11.0. The van der Waals surface area contributed by atoms with E-state index in [1.807, 2.05) is 13.1 Å². The van der Waals surface area contributed by atoms with E-state index in [-0.39, 0.29) is 29.8 Å². The summed E-state index contributed by atoms with van der Waals surface area (Å²) >= 11 is 0. The second-order valence-electron chi connectivity index (χ2n) is 8.44. The lowest BCUT2D eigenvalue weighted by Gasteiger charge is -2.35. The van der Waals surface area contributed by atoms with Gasteiger partial charge in [0.1, 0.15) is 5.75 Å². The summed E-state index contributed by atoms with van der Waals surface area (Å²) < 4.78 is 5.55. The van der Waals surface area contributed by atoms with Crippen LogP contribution in [0.4, 0.5) is 0 Å². The Morgan fingerprint density at radius 1 is 1.23 bits per heavy atom. The maximum Gasteiger partial charge on any atom is 0.541 e. The quantitative estimate of drug-likeness (QED) is 0.236. The topological polar surface area (TPSA) is 123 Å². The smallest absolute Gasteiger partial charge is 0.534 e. The number of rotatable bonds is 10. The van der Waals surface area contributed by atoms with E-state index in [0.717, 1.165) is 44.3 Å². The van der Waals surface area contributed by atoms with Gasteiger partial charge in [0.05, 0.1) is 11.5 Å². The predicted octanol–water partition coefficient (Wildman–Crippen LogP) is 0.274. The second-order valence-corrected chi connectivity index (χ2v) is 8.44. The van der Waals surface area contributed by atoms with Crippen LogP contribution < -0.4 is 20.6 Å². The summed E-state index contributed by atoms with van der Waals surface area (Å²) in [5.41, 5.74) is 0.838. The third-order valence-electron chi connectivity index (χ3n) is 6.47. The Labute approximate surface area is 178 Å². The van der Waals surface area contributed by atoms with Crippen LogP contribution in [0.1, 0.15) is 41.6 Å². The number of hydrogen-bond acceptors (Lipinski definition) is 7. The first-order valence-electron chi connectivity index (χ1n) is 11.0. The molecule has 0 aromatic heterocycles. The zero-order valence-corrected chi connectivity index (χ0v) is 17.6. The molecule has 1 aliphatic heterocycles. The zero-order valence-electron chi connectivity index (χ0n) is 17.6. The summed E-state index contributed by atoms with van der Waals surface area (Å²) in [5.74, 6) is -0.574. The Morgan fingerprint density at radius 2 is 2.00 bits per heavy atom. The van der Waals surface area contributed by atoms with E-state index in [4.69, 9.17) is 4.65 Å². The number of carbonyl (C=O) groups is 1. The molecule has 1 aromatic rings. The van der Waals surface area contributed by atoms with Gasteiger partial charge in [-0.25, -0.2) is 4.79 Å². The number of aromatic carboxylic acids is 1. The van der Waals surface area contributed by atoms with Gasteiger partial charge in [-0.05, 0) is 62.6 Å². The normalized spacial score (nSPS) is 24.8. The van der Waals surface area contributed by atoms with E-state index >= 15 is 0 Å². The van der Waals surface area contributed by atoms with Crippen LogP contribution >= 0.6 is 0 Å². The summed E-state index contributed by atoms with van der Waals surface area (Å²) in [4.78, 5) is 11.4. The molecule has 2 atom stereocenters. The lowest BCUT2D eigenvalue weighted by atomic mass is 9.71. The first kappa shape index (κ1) is 23.0. The number of aliphatic hydroxyl groups excluding tert-OH is 1. The Kier molecular flexibility index (Phi) is 8.53. The minimum atomic E-state index is -1.12. The van der Waals surface area contributed by atoms with Gasteiger partial charge in [-0.2, -0.15) is 0 Å². The fourth-order valence-corrected chi connectivity index (χ4v) is 4.65. The van der Waals surface area contributed by atoms with Crippen molar-refractivity contribution < 1.29 is 24.7 Å². The number of nitrogens with one attached hydrogen (secondary N) is 3. The van der Waals surface area contributed by atoms with Crippen molar-refractivity contribution in [1.29, 1.82) is 0 Å². The van der Waals surface area contributed by atoms with Crippen molar-refractivity contribution in [2.75, 3.05) is 33.3 Å². The third-order valence-corrected chi connectivity index (χ3v) is 6.47. The van der Waals surface area contributed by atoms with E-state index < -0.39 is 13.1 Å². The monoisotopic (exact) mass is 419 g/mol. The Bertz CT molecular complexity index is 699. The predicted molar refractivity (Wildman–Crippen MR) is 116 cm³/mol. The van der Waals surface area contributed by atoms with Crippen LogP contribution in [-0.4, -0.2) is 73.6 Å². The van der Waals surface area contributed by atoms with Crippen LogP contribution in [0.3, 0.4) is 0 Å². The van der Waals surface area contributed by atoms with Gasteiger partial charge in [0, 0.05) is 32.3 Å². The summed E-state index contributed by atoms with van der Waals surface area (Å²) in [6.45, 7) is 2.64. The van der Waals surface area contributed by atoms with Crippen molar-refractivity contribution in [3.8, 4) is 5.75 Å². The molecule has 1 heterocycles. The highest BCUT2D eigenvalue weighted by molar-refractivity contribution is 6.46. The van der Waals surface area contributed by atoms with Crippen LogP contribution in [0.2, 0.25) is 0 Å². The largest absolute Gasteiger partial charge is 0.541 e. The highest BCUT2D eigenvalue weighted by atomic mass is 16.5. The van der Waals surface area contributed by atoms with Gasteiger partial charge in [-0.15, -0.1) is 0 Å². The highest BCUT2D eigenvalue weighted by Crippen LogP contribution is 2.32. The number of hydrogen-bond donors (Lipinski definition) is 6. The number of carboxylic acid groups (broad SMARTS) is 1. The zero-order chi connectivity index (χ0) is 21.5. The fourth-order valence-electron chi connectivity index (χ4n) is 4.65. The molecule has 1 fully saturated rings. The molecule has 1 saturated carbocycles. The maximum absolute atomic E-state index is 11.4. The Morgan fingerprint density at radius 3 is 2.67 bits per heavy atom. The molecule has 1 aliphatic carbocycles. The van der Waals surface area contributed by atoms with Crippen LogP contribution in [0, 0.1) is 11.8 Å². The van der Waals surface area contributed by atoms with Crippen LogP contribution in [0.15, 0.2) is 18.2 Å². The van der Waals surface area contributed by atoms with Crippen molar-refractivity contribution in [3.63, 3.8) is 0 Å². The molecule has 8 nitrogen and oxygen atoms in total.